The second-order valence-corrected chi connectivity index (χ2v) is 6.23. The lowest BCUT2D eigenvalue weighted by atomic mass is 10.2. The molecule has 7 heteroatoms. The van der Waals surface area contributed by atoms with Crippen LogP contribution in [0.5, 0.6) is 5.75 Å². The molecule has 0 unspecified atom stereocenters. The number of hydrogen-bond acceptors (Lipinski definition) is 4. The van der Waals surface area contributed by atoms with Crippen molar-refractivity contribution in [2.45, 2.75) is 19.4 Å². The predicted octanol–water partition coefficient (Wildman–Crippen LogP) is 3.04. The Balaban J connectivity index is 0.00000261. The minimum Gasteiger partial charge on any atom is -0.492 e. The molecule has 1 aromatic heterocycles. The molecule has 2 N–H and O–H groups in total. The van der Waals surface area contributed by atoms with Crippen LogP contribution in [0.1, 0.15) is 18.4 Å². The molecule has 0 bridgehead atoms. The van der Waals surface area contributed by atoms with Crippen LogP contribution < -0.4 is 20.3 Å². The van der Waals surface area contributed by atoms with Crippen LogP contribution in [0.4, 0.5) is 5.82 Å². The van der Waals surface area contributed by atoms with E-state index in [1.807, 2.05) is 42.6 Å². The lowest BCUT2D eigenvalue weighted by molar-refractivity contribution is 0.322. The zero-order valence-corrected chi connectivity index (χ0v) is 18.1. The molecule has 0 atom stereocenters. The normalized spacial score (nSPS) is 13.8. The summed E-state index contributed by atoms with van der Waals surface area (Å²) >= 11 is 0. The van der Waals surface area contributed by atoms with Crippen molar-refractivity contribution >= 4 is 35.8 Å². The van der Waals surface area contributed by atoms with Crippen molar-refractivity contribution in [3.05, 3.63) is 54.2 Å². The molecule has 146 valence electrons. The van der Waals surface area contributed by atoms with Gasteiger partial charge in [-0.25, -0.2) is 4.98 Å². The maximum absolute atomic E-state index is 5.68. The van der Waals surface area contributed by atoms with E-state index < -0.39 is 0 Å². The number of nitrogens with one attached hydrogen (secondary N) is 2. The Labute approximate surface area is 178 Å². The molecule has 2 aromatic rings. The average molecular weight is 481 g/mol. The largest absolute Gasteiger partial charge is 0.492 e. The molecule has 2 heterocycles. The molecular formula is C20H28IN5O. The van der Waals surface area contributed by atoms with Gasteiger partial charge in [0, 0.05) is 32.9 Å². The molecule has 1 saturated heterocycles. The van der Waals surface area contributed by atoms with Crippen LogP contribution in [0.2, 0.25) is 0 Å². The van der Waals surface area contributed by atoms with E-state index in [2.05, 4.69) is 31.6 Å². The first-order valence-electron chi connectivity index (χ1n) is 9.17. The fraction of sp³-hybridized carbons (Fsp3) is 0.400. The molecule has 1 aliphatic heterocycles. The van der Waals surface area contributed by atoms with Gasteiger partial charge in [0.1, 0.15) is 18.2 Å². The van der Waals surface area contributed by atoms with Crippen molar-refractivity contribution in [3.8, 4) is 5.75 Å². The number of rotatable bonds is 7. The first-order valence-corrected chi connectivity index (χ1v) is 9.17. The van der Waals surface area contributed by atoms with Crippen molar-refractivity contribution in [3.63, 3.8) is 0 Å². The highest BCUT2D eigenvalue weighted by Crippen LogP contribution is 2.18. The van der Waals surface area contributed by atoms with Gasteiger partial charge in [-0.15, -0.1) is 24.0 Å². The molecule has 0 spiro atoms. The Hall–Kier alpha value is -2.03. The van der Waals surface area contributed by atoms with Crippen molar-refractivity contribution in [1.82, 2.24) is 15.6 Å². The molecule has 1 aliphatic rings. The van der Waals surface area contributed by atoms with Crippen molar-refractivity contribution in [2.24, 2.45) is 4.99 Å². The van der Waals surface area contributed by atoms with Gasteiger partial charge in [-0.05, 0) is 42.7 Å². The van der Waals surface area contributed by atoms with Crippen LogP contribution >= 0.6 is 24.0 Å². The van der Waals surface area contributed by atoms with Crippen LogP contribution in [0.25, 0.3) is 0 Å². The predicted molar refractivity (Wildman–Crippen MR) is 121 cm³/mol. The van der Waals surface area contributed by atoms with E-state index in [-0.39, 0.29) is 24.0 Å². The Morgan fingerprint density at radius 1 is 1.15 bits per heavy atom. The first kappa shape index (κ1) is 21.3. The Morgan fingerprint density at radius 3 is 2.67 bits per heavy atom. The standard InChI is InChI=1S/C20H27N5O.HI/c1-21-20(23-11-14-26-18-7-3-2-4-8-18)24-16-17-9-10-22-19(15-17)25-12-5-6-13-25;/h2-4,7-10,15H,5-6,11-14,16H2,1H3,(H2,21,23,24);1H. The van der Waals surface area contributed by atoms with Gasteiger partial charge >= 0.3 is 0 Å². The smallest absolute Gasteiger partial charge is 0.191 e. The second kappa shape index (κ2) is 11.6. The number of ether oxygens (including phenoxy) is 1. The summed E-state index contributed by atoms with van der Waals surface area (Å²) in [6, 6.07) is 14.0. The number of benzene rings is 1. The van der Waals surface area contributed by atoms with E-state index in [4.69, 9.17) is 4.74 Å². The minimum atomic E-state index is 0. The van der Waals surface area contributed by atoms with Crippen LogP contribution in [0, 0.1) is 0 Å². The molecule has 0 radical (unpaired) electrons. The van der Waals surface area contributed by atoms with Gasteiger partial charge in [0.15, 0.2) is 5.96 Å². The summed E-state index contributed by atoms with van der Waals surface area (Å²) in [5, 5.41) is 6.61. The first-order chi connectivity index (χ1) is 12.8. The maximum Gasteiger partial charge on any atom is 0.191 e. The molecule has 6 nitrogen and oxygen atoms in total. The summed E-state index contributed by atoms with van der Waals surface area (Å²) in [4.78, 5) is 11.1. The topological polar surface area (TPSA) is 61.8 Å². The van der Waals surface area contributed by atoms with Gasteiger partial charge in [0.05, 0.1) is 6.54 Å². The van der Waals surface area contributed by atoms with Gasteiger partial charge in [0.25, 0.3) is 0 Å². The number of para-hydroxylation sites is 1. The molecule has 0 aliphatic carbocycles. The summed E-state index contributed by atoms with van der Waals surface area (Å²) in [5.41, 5.74) is 1.20. The van der Waals surface area contributed by atoms with Crippen LogP contribution in [-0.4, -0.2) is 44.2 Å². The summed E-state index contributed by atoms with van der Waals surface area (Å²) in [7, 11) is 1.77. The van der Waals surface area contributed by atoms with Crippen molar-refractivity contribution in [1.29, 1.82) is 0 Å². The highest BCUT2D eigenvalue weighted by Gasteiger charge is 2.13. The third-order valence-corrected chi connectivity index (χ3v) is 4.33. The van der Waals surface area contributed by atoms with E-state index in [1.165, 1.54) is 18.4 Å². The zero-order valence-electron chi connectivity index (χ0n) is 15.7. The average Bonchev–Trinajstić information content (AvgIpc) is 3.23. The number of pyridine rings is 1. The number of nitrogens with zero attached hydrogens (tertiary/aromatic N) is 3. The summed E-state index contributed by atoms with van der Waals surface area (Å²) < 4.78 is 5.68. The Kier molecular flexibility index (Phi) is 9.17. The Bertz CT molecular complexity index is 705. The van der Waals surface area contributed by atoms with Crippen LogP contribution in [-0.2, 0) is 6.54 Å². The third-order valence-electron chi connectivity index (χ3n) is 4.33. The molecule has 3 rings (SSSR count). The third kappa shape index (κ3) is 6.89. The van der Waals surface area contributed by atoms with Gasteiger partial charge in [-0.1, -0.05) is 18.2 Å². The number of hydrogen-bond donors (Lipinski definition) is 2. The summed E-state index contributed by atoms with van der Waals surface area (Å²) in [5.74, 6) is 2.71. The Morgan fingerprint density at radius 2 is 1.93 bits per heavy atom. The van der Waals surface area contributed by atoms with Gasteiger partial charge < -0.3 is 20.3 Å². The number of anilines is 1. The fourth-order valence-corrected chi connectivity index (χ4v) is 2.95. The number of aromatic nitrogens is 1. The van der Waals surface area contributed by atoms with Crippen molar-refractivity contribution in [2.75, 3.05) is 38.2 Å². The van der Waals surface area contributed by atoms with E-state index >= 15 is 0 Å². The second-order valence-electron chi connectivity index (χ2n) is 6.23. The lowest BCUT2D eigenvalue weighted by Crippen LogP contribution is -2.38. The van der Waals surface area contributed by atoms with Crippen molar-refractivity contribution < 1.29 is 4.74 Å². The summed E-state index contributed by atoms with van der Waals surface area (Å²) in [6.07, 6.45) is 4.39. The molecule has 0 saturated carbocycles. The number of halogens is 1. The molecule has 27 heavy (non-hydrogen) atoms. The fourth-order valence-electron chi connectivity index (χ4n) is 2.95. The highest BCUT2D eigenvalue weighted by molar-refractivity contribution is 14.0. The van der Waals surface area contributed by atoms with E-state index in [0.29, 0.717) is 19.7 Å². The molecular weight excluding hydrogens is 453 g/mol. The minimum absolute atomic E-state index is 0. The van der Waals surface area contributed by atoms with E-state index in [1.54, 1.807) is 7.05 Å². The lowest BCUT2D eigenvalue weighted by Gasteiger charge is -2.17. The van der Waals surface area contributed by atoms with Crippen LogP contribution in [0.3, 0.4) is 0 Å². The van der Waals surface area contributed by atoms with Gasteiger partial charge in [-0.2, -0.15) is 0 Å². The SMILES string of the molecule is CN=C(NCCOc1ccccc1)NCc1ccnc(N2CCCC2)c1.I. The van der Waals surface area contributed by atoms with Crippen LogP contribution in [0.15, 0.2) is 53.7 Å². The zero-order chi connectivity index (χ0) is 18.0. The molecule has 0 amide bonds. The molecule has 1 fully saturated rings. The van der Waals surface area contributed by atoms with E-state index in [9.17, 15) is 0 Å². The van der Waals surface area contributed by atoms with Gasteiger partial charge in [-0.3, -0.25) is 4.99 Å². The summed E-state index contributed by atoms with van der Waals surface area (Å²) in [6.45, 7) is 4.19. The molecule has 1 aromatic carbocycles. The number of guanidine groups is 1. The number of aliphatic imine (C=N–C) groups is 1. The monoisotopic (exact) mass is 481 g/mol. The van der Waals surface area contributed by atoms with E-state index in [0.717, 1.165) is 30.6 Å². The highest BCUT2D eigenvalue weighted by atomic mass is 127. The quantitative estimate of drug-likeness (QED) is 0.276. The van der Waals surface area contributed by atoms with Gasteiger partial charge in [0.2, 0.25) is 0 Å². The maximum atomic E-state index is 5.68.